The number of hydrogen-bond donors (Lipinski definition) is 1. The summed E-state index contributed by atoms with van der Waals surface area (Å²) in [4.78, 5) is 1.32. The molecule has 0 amide bonds. The first kappa shape index (κ1) is 7.03. The van der Waals surface area contributed by atoms with E-state index in [0.717, 1.165) is 19.3 Å². The molecule has 2 nitrogen and oxygen atoms in total. The third-order valence-corrected chi connectivity index (χ3v) is 1.92. The molecule has 0 radical (unpaired) electrons. The van der Waals surface area contributed by atoms with Crippen LogP contribution in [0.3, 0.4) is 0 Å². The van der Waals surface area contributed by atoms with Crippen LogP contribution in [0.15, 0.2) is 0 Å². The monoisotopic (exact) mass is 129 g/mol. The van der Waals surface area contributed by atoms with E-state index in [0.29, 0.717) is 0 Å². The second-order valence-corrected chi connectivity index (χ2v) is 2.73. The molecule has 0 aromatic carbocycles. The molecule has 1 N–H and O–H groups in total. The zero-order valence-corrected chi connectivity index (χ0v) is 6.02. The van der Waals surface area contributed by atoms with Crippen LogP contribution in [0.25, 0.3) is 0 Å². The summed E-state index contributed by atoms with van der Waals surface area (Å²) >= 11 is 0. The minimum atomic E-state index is 0.735. The van der Waals surface area contributed by atoms with Crippen LogP contribution >= 0.6 is 0 Å². The maximum Gasteiger partial charge on any atom is 0.0677 e. The van der Waals surface area contributed by atoms with Crippen molar-refractivity contribution in [2.75, 3.05) is 20.3 Å². The molecule has 0 bridgehead atoms. The van der Waals surface area contributed by atoms with E-state index in [1.54, 1.807) is 0 Å². The van der Waals surface area contributed by atoms with Gasteiger partial charge in [0.05, 0.1) is 19.3 Å². The smallest absolute Gasteiger partial charge is 0.0677 e. The summed E-state index contributed by atoms with van der Waals surface area (Å²) in [5, 5.41) is 0. The van der Waals surface area contributed by atoms with Crippen molar-refractivity contribution in [1.82, 2.24) is 0 Å². The number of ether oxygens (including phenoxy) is 1. The van der Waals surface area contributed by atoms with Crippen LogP contribution in [0.1, 0.15) is 12.8 Å². The minimum absolute atomic E-state index is 0.735. The summed E-state index contributed by atoms with van der Waals surface area (Å²) in [7, 11) is 6.03. The van der Waals surface area contributed by atoms with Crippen molar-refractivity contribution in [3.63, 3.8) is 0 Å². The second-order valence-electron chi connectivity index (χ2n) is 2.73. The van der Waals surface area contributed by atoms with Gasteiger partial charge < -0.3 is 9.64 Å². The first-order valence-corrected chi connectivity index (χ1v) is 3.54. The molecule has 9 heavy (non-hydrogen) atoms. The maximum absolute atomic E-state index is 5.21. The molecular formula is C7H15NO. The Labute approximate surface area is 56.8 Å². The standard InChI is InChI=1S/C7H15NO/c1-8(2)7-3-5-9-6-4-7/h7-8H,1,3-6H2,2H3. The third-order valence-electron chi connectivity index (χ3n) is 1.92. The fourth-order valence-electron chi connectivity index (χ4n) is 1.19. The van der Waals surface area contributed by atoms with Crippen molar-refractivity contribution < 1.29 is 9.64 Å². The van der Waals surface area contributed by atoms with E-state index in [4.69, 9.17) is 4.74 Å². The van der Waals surface area contributed by atoms with Crippen LogP contribution in [-0.4, -0.2) is 26.3 Å². The van der Waals surface area contributed by atoms with Crippen molar-refractivity contribution in [1.29, 1.82) is 0 Å². The van der Waals surface area contributed by atoms with Gasteiger partial charge in [-0.05, 0) is 0 Å². The zero-order chi connectivity index (χ0) is 6.69. The van der Waals surface area contributed by atoms with Gasteiger partial charge in [0.25, 0.3) is 0 Å². The van der Waals surface area contributed by atoms with Gasteiger partial charge in [0.2, 0.25) is 0 Å². The molecule has 1 atom stereocenters. The molecule has 0 aromatic heterocycles. The Bertz CT molecular complexity index is 77.0. The van der Waals surface area contributed by atoms with Crippen molar-refractivity contribution in [2.24, 2.45) is 0 Å². The van der Waals surface area contributed by atoms with Gasteiger partial charge in [-0.1, -0.05) is 0 Å². The molecule has 54 valence electrons. The fourth-order valence-corrected chi connectivity index (χ4v) is 1.19. The first-order valence-electron chi connectivity index (χ1n) is 3.54. The molecular weight excluding hydrogens is 114 g/mol. The molecule has 0 aliphatic carbocycles. The predicted octanol–water partition coefficient (Wildman–Crippen LogP) is -0.528. The highest BCUT2D eigenvalue weighted by Crippen LogP contribution is 2.01. The topological polar surface area (TPSA) is 13.7 Å². The van der Waals surface area contributed by atoms with Gasteiger partial charge in [0.1, 0.15) is 0 Å². The van der Waals surface area contributed by atoms with Gasteiger partial charge in [0, 0.05) is 19.9 Å². The van der Waals surface area contributed by atoms with E-state index in [1.807, 2.05) is 0 Å². The first-order chi connectivity index (χ1) is 4.30. The summed E-state index contributed by atoms with van der Waals surface area (Å²) in [6.45, 7) is 1.86. The molecule has 0 spiro atoms. The molecule has 0 saturated carbocycles. The summed E-state index contributed by atoms with van der Waals surface area (Å²) in [6.07, 6.45) is 2.35. The van der Waals surface area contributed by atoms with E-state index in [9.17, 15) is 0 Å². The lowest BCUT2D eigenvalue weighted by molar-refractivity contribution is -0.862. The summed E-state index contributed by atoms with van der Waals surface area (Å²) in [5.41, 5.74) is 0. The largest absolute Gasteiger partial charge is 0.468 e. The van der Waals surface area contributed by atoms with E-state index in [2.05, 4.69) is 14.1 Å². The Kier molecular flexibility index (Phi) is 2.49. The van der Waals surface area contributed by atoms with E-state index >= 15 is 0 Å². The fraction of sp³-hybridized carbons (Fsp3) is 0.857. The third kappa shape index (κ3) is 1.95. The van der Waals surface area contributed by atoms with Crippen molar-refractivity contribution in [3.8, 4) is 0 Å². The molecule has 0 aromatic rings. The van der Waals surface area contributed by atoms with Crippen molar-refractivity contribution in [3.05, 3.63) is 7.05 Å². The number of quaternary nitrogens is 1. The average molecular weight is 129 g/mol. The van der Waals surface area contributed by atoms with Gasteiger partial charge >= 0.3 is 0 Å². The molecule has 1 heterocycles. The van der Waals surface area contributed by atoms with Crippen LogP contribution in [0.5, 0.6) is 0 Å². The number of hydrogen-bond acceptors (Lipinski definition) is 1. The molecule has 1 aliphatic heterocycles. The normalized spacial score (nSPS) is 26.0. The summed E-state index contributed by atoms with van der Waals surface area (Å²) in [6, 6.07) is 0.735. The average Bonchev–Trinajstić information content (AvgIpc) is 1.90. The van der Waals surface area contributed by atoms with Crippen LogP contribution in [0.4, 0.5) is 0 Å². The zero-order valence-electron chi connectivity index (χ0n) is 6.02. The van der Waals surface area contributed by atoms with Crippen molar-refractivity contribution >= 4 is 0 Å². The number of nitrogens with one attached hydrogen (secondary N) is 1. The van der Waals surface area contributed by atoms with Crippen LogP contribution in [0.2, 0.25) is 0 Å². The van der Waals surface area contributed by atoms with Crippen LogP contribution in [-0.2, 0) is 4.74 Å². The Hall–Kier alpha value is -0.0800. The second kappa shape index (κ2) is 3.18. The van der Waals surface area contributed by atoms with Gasteiger partial charge in [0.15, 0.2) is 0 Å². The van der Waals surface area contributed by atoms with Gasteiger partial charge in [-0.15, -0.1) is 0 Å². The molecule has 1 rings (SSSR count). The van der Waals surface area contributed by atoms with Crippen molar-refractivity contribution in [2.45, 2.75) is 18.9 Å². The molecule has 1 fully saturated rings. The van der Waals surface area contributed by atoms with Gasteiger partial charge in [-0.25, -0.2) is 0 Å². The lowest BCUT2D eigenvalue weighted by Crippen LogP contribution is -3.08. The highest BCUT2D eigenvalue weighted by atomic mass is 16.5. The van der Waals surface area contributed by atoms with E-state index < -0.39 is 0 Å². The van der Waals surface area contributed by atoms with Crippen LogP contribution < -0.4 is 4.90 Å². The highest BCUT2D eigenvalue weighted by molar-refractivity contribution is 4.59. The summed E-state index contributed by atoms with van der Waals surface area (Å²) in [5.74, 6) is 0. The Morgan fingerprint density at radius 1 is 1.44 bits per heavy atom. The lowest BCUT2D eigenvalue weighted by Gasteiger charge is -2.29. The molecule has 2 heteroatoms. The highest BCUT2D eigenvalue weighted by Gasteiger charge is 2.15. The summed E-state index contributed by atoms with van der Waals surface area (Å²) < 4.78 is 5.21. The Morgan fingerprint density at radius 2 is 2.00 bits per heavy atom. The van der Waals surface area contributed by atoms with E-state index in [1.165, 1.54) is 17.7 Å². The molecule has 1 unspecified atom stereocenters. The molecule has 1 saturated heterocycles. The quantitative estimate of drug-likeness (QED) is 0.470. The Morgan fingerprint density at radius 3 is 2.33 bits per heavy atom. The molecule has 1 aliphatic rings. The number of rotatable bonds is 1. The SMILES string of the molecule is [CH2-][NH+](C)C1CCOCC1. The Balaban J connectivity index is 2.23. The maximum atomic E-state index is 5.21. The van der Waals surface area contributed by atoms with E-state index in [-0.39, 0.29) is 0 Å². The van der Waals surface area contributed by atoms with Crippen LogP contribution in [0, 0.1) is 7.05 Å². The predicted molar refractivity (Wildman–Crippen MR) is 36.1 cm³/mol. The van der Waals surface area contributed by atoms with Gasteiger partial charge in [-0.3, -0.25) is 0 Å². The minimum Gasteiger partial charge on any atom is -0.468 e. The lowest BCUT2D eigenvalue weighted by atomic mass is 10.1. The van der Waals surface area contributed by atoms with Gasteiger partial charge in [-0.2, -0.15) is 7.05 Å².